The number of nitriles is 1. The van der Waals surface area contributed by atoms with E-state index in [-0.39, 0.29) is 35.0 Å². The summed E-state index contributed by atoms with van der Waals surface area (Å²) in [7, 11) is 0. The molecule has 0 spiro atoms. The van der Waals surface area contributed by atoms with Crippen LogP contribution in [0.5, 0.6) is 0 Å². The number of carbonyl (C=O) groups is 5. The number of nitrogens with zero attached hydrogens (tertiary/aromatic N) is 9. The number of amides is 5. The highest BCUT2D eigenvalue weighted by Gasteiger charge is 2.46. The fraction of sp³-hybridized carbons (Fsp3) is 0.341. The first-order valence-corrected chi connectivity index (χ1v) is 19.3. The van der Waals surface area contributed by atoms with Crippen molar-refractivity contribution in [2.75, 3.05) is 60.5 Å². The van der Waals surface area contributed by atoms with E-state index in [1.54, 1.807) is 23.1 Å². The predicted molar refractivity (Wildman–Crippen MR) is 209 cm³/mol. The molecule has 1 N–H and O–H groups in total. The second-order valence-electron chi connectivity index (χ2n) is 15.6. The number of piperidine rings is 1. The Bertz CT molecular complexity index is 2430. The molecule has 5 aliphatic rings. The van der Waals surface area contributed by atoms with Crippen LogP contribution >= 0.6 is 11.6 Å². The summed E-state index contributed by atoms with van der Waals surface area (Å²) in [5, 5.41) is 20.8. The zero-order valence-corrected chi connectivity index (χ0v) is 32.0. The molecule has 4 aromatic rings. The van der Waals surface area contributed by atoms with Crippen molar-refractivity contribution in [2.24, 2.45) is 5.92 Å². The van der Waals surface area contributed by atoms with Crippen LogP contribution in [0.15, 0.2) is 60.8 Å². The number of aromatic nitrogens is 3. The first kappa shape index (κ1) is 36.4. The van der Waals surface area contributed by atoms with Crippen LogP contribution in [0, 0.1) is 17.2 Å². The first-order chi connectivity index (χ1) is 27.4. The lowest BCUT2D eigenvalue weighted by atomic mass is 9.85. The van der Waals surface area contributed by atoms with Gasteiger partial charge in [0.05, 0.1) is 44.8 Å². The van der Waals surface area contributed by atoms with E-state index in [0.717, 1.165) is 79.0 Å². The molecule has 0 bridgehead atoms. The van der Waals surface area contributed by atoms with E-state index >= 15 is 0 Å². The fourth-order valence-corrected chi connectivity index (χ4v) is 8.72. The Hall–Kier alpha value is -6.24. The highest BCUT2D eigenvalue weighted by atomic mass is 35.5. The summed E-state index contributed by atoms with van der Waals surface area (Å²) in [6.45, 7) is 9.73. The molecule has 0 radical (unpaired) electrons. The molecular weight excluding hydrogens is 748 g/mol. The van der Waals surface area contributed by atoms with Crippen LogP contribution in [-0.4, -0.2) is 106 Å². The lowest BCUT2D eigenvalue weighted by Gasteiger charge is -2.44. The third-order valence-corrected chi connectivity index (χ3v) is 12.0. The molecule has 3 fully saturated rings. The van der Waals surface area contributed by atoms with Crippen LogP contribution < -0.4 is 20.0 Å². The molecule has 2 aromatic carbocycles. The highest BCUT2D eigenvalue weighted by Crippen LogP contribution is 2.47. The normalized spacial score (nSPS) is 20.7. The molecule has 15 nitrogen and oxygen atoms in total. The Labute approximate surface area is 332 Å². The van der Waals surface area contributed by atoms with Gasteiger partial charge in [0.2, 0.25) is 17.7 Å². The quantitative estimate of drug-likeness (QED) is 0.270. The van der Waals surface area contributed by atoms with Crippen LogP contribution in [0.25, 0.3) is 11.3 Å². The fourth-order valence-electron chi connectivity index (χ4n) is 8.51. The summed E-state index contributed by atoms with van der Waals surface area (Å²) in [5.41, 5.74) is 4.35. The summed E-state index contributed by atoms with van der Waals surface area (Å²) in [6.07, 6.45) is 1.70. The monoisotopic (exact) mass is 784 g/mol. The summed E-state index contributed by atoms with van der Waals surface area (Å²) >= 11 is 6.25. The predicted octanol–water partition coefficient (Wildman–Crippen LogP) is 3.68. The van der Waals surface area contributed by atoms with Gasteiger partial charge in [0.25, 0.3) is 11.8 Å². The number of fused-ring (bicyclic) bond motifs is 2. The summed E-state index contributed by atoms with van der Waals surface area (Å²) in [4.78, 5) is 77.7. The Morgan fingerprint density at radius 1 is 0.877 bits per heavy atom. The zero-order valence-electron chi connectivity index (χ0n) is 31.2. The van der Waals surface area contributed by atoms with Gasteiger partial charge in [0, 0.05) is 69.4 Å². The Kier molecular flexibility index (Phi) is 8.78. The molecule has 57 heavy (non-hydrogen) atoms. The number of benzene rings is 2. The van der Waals surface area contributed by atoms with Gasteiger partial charge in [0.15, 0.2) is 11.5 Å². The van der Waals surface area contributed by atoms with Gasteiger partial charge in [-0.2, -0.15) is 5.26 Å². The summed E-state index contributed by atoms with van der Waals surface area (Å²) in [6, 6.07) is 17.6. The van der Waals surface area contributed by atoms with E-state index in [1.165, 1.54) is 6.20 Å². The second kappa shape index (κ2) is 13.7. The van der Waals surface area contributed by atoms with E-state index in [1.807, 2.05) is 56.3 Å². The Balaban J connectivity index is 0.787. The zero-order chi connectivity index (χ0) is 39.7. The number of halogens is 1. The molecule has 7 heterocycles. The molecule has 2 aromatic heterocycles. The highest BCUT2D eigenvalue weighted by molar-refractivity contribution is 6.32. The summed E-state index contributed by atoms with van der Waals surface area (Å²) in [5.74, 6) is -0.836. The molecule has 0 saturated carbocycles. The van der Waals surface area contributed by atoms with E-state index in [4.69, 9.17) is 11.6 Å². The van der Waals surface area contributed by atoms with Crippen LogP contribution in [0.4, 0.5) is 22.9 Å². The van der Waals surface area contributed by atoms with Gasteiger partial charge in [-0.3, -0.25) is 44.0 Å². The third-order valence-electron chi connectivity index (χ3n) is 11.7. The number of carbonyl (C=O) groups excluding carboxylic acids is 5. The maximum atomic E-state index is 13.6. The van der Waals surface area contributed by atoms with E-state index < -0.39 is 35.1 Å². The minimum atomic E-state index is -0.983. The van der Waals surface area contributed by atoms with Gasteiger partial charge in [-0.05, 0) is 74.4 Å². The largest absolute Gasteiger partial charge is 0.369 e. The SMILES string of the molecule is CC1(C)C(=O)N(c2cnc(C#N)c(Cl)c2)c2ccc(-c3ccc(N4CC(CN5CCN(c6ccc7c(c6)C(=O)N(C6CCC(=O)NC6=O)C7=O)CC5)C4)nn3)cc21. The molecule has 5 aliphatic heterocycles. The van der Waals surface area contributed by atoms with Crippen molar-refractivity contribution < 1.29 is 24.0 Å². The van der Waals surface area contributed by atoms with Crippen LogP contribution in [0.1, 0.15) is 58.7 Å². The molecule has 3 saturated heterocycles. The van der Waals surface area contributed by atoms with E-state index in [9.17, 15) is 29.2 Å². The number of nitrogens with one attached hydrogen (secondary N) is 1. The van der Waals surface area contributed by atoms with Crippen molar-refractivity contribution in [3.8, 4) is 17.3 Å². The van der Waals surface area contributed by atoms with Crippen LogP contribution in [-0.2, 0) is 19.8 Å². The van der Waals surface area contributed by atoms with Crippen molar-refractivity contribution in [1.82, 2.24) is 30.3 Å². The minimum Gasteiger partial charge on any atom is -0.369 e. The van der Waals surface area contributed by atoms with Gasteiger partial charge in [-0.15, -0.1) is 10.2 Å². The molecular formula is C41H37ClN10O5. The smallest absolute Gasteiger partial charge is 0.262 e. The molecule has 5 amide bonds. The number of anilines is 4. The number of hydrogen-bond donors (Lipinski definition) is 1. The first-order valence-electron chi connectivity index (χ1n) is 18.9. The lowest BCUT2D eigenvalue weighted by Crippen LogP contribution is -2.55. The van der Waals surface area contributed by atoms with Crippen molar-refractivity contribution in [3.05, 3.63) is 88.2 Å². The van der Waals surface area contributed by atoms with Crippen molar-refractivity contribution in [2.45, 2.75) is 38.1 Å². The number of piperazine rings is 1. The van der Waals surface area contributed by atoms with Gasteiger partial charge >= 0.3 is 0 Å². The minimum absolute atomic E-state index is 0.0833. The van der Waals surface area contributed by atoms with Gasteiger partial charge < -0.3 is 9.80 Å². The Morgan fingerprint density at radius 2 is 1.65 bits per heavy atom. The second-order valence-corrected chi connectivity index (χ2v) is 16.1. The van der Waals surface area contributed by atoms with Gasteiger partial charge in [0.1, 0.15) is 12.1 Å². The average molecular weight is 785 g/mol. The third kappa shape index (κ3) is 6.16. The molecule has 0 aliphatic carbocycles. The lowest BCUT2D eigenvalue weighted by molar-refractivity contribution is -0.136. The van der Waals surface area contributed by atoms with Crippen LogP contribution in [0.3, 0.4) is 0 Å². The number of pyridine rings is 1. The van der Waals surface area contributed by atoms with Gasteiger partial charge in [-0.25, -0.2) is 4.98 Å². The average Bonchev–Trinajstić information content (AvgIpc) is 3.56. The van der Waals surface area contributed by atoms with Crippen molar-refractivity contribution in [1.29, 1.82) is 5.26 Å². The van der Waals surface area contributed by atoms with E-state index in [2.05, 4.69) is 35.2 Å². The Morgan fingerprint density at radius 3 is 2.35 bits per heavy atom. The topological polar surface area (TPSA) is 176 Å². The molecule has 288 valence electrons. The summed E-state index contributed by atoms with van der Waals surface area (Å²) < 4.78 is 0. The maximum absolute atomic E-state index is 13.6. The molecule has 1 atom stereocenters. The number of rotatable bonds is 7. The van der Waals surface area contributed by atoms with Crippen molar-refractivity contribution >= 4 is 64.0 Å². The molecule has 9 rings (SSSR count). The van der Waals surface area contributed by atoms with Crippen LogP contribution in [0.2, 0.25) is 5.02 Å². The maximum Gasteiger partial charge on any atom is 0.262 e. The molecule has 1 unspecified atom stereocenters. The van der Waals surface area contributed by atoms with Gasteiger partial charge in [-0.1, -0.05) is 17.7 Å². The standard InChI is InChI=1S/C41H37ClN10O5/c1-41(2)29-15-24(3-7-33(29)51(40(41)57)26-17-30(42)32(18-43)44-19-26)31-6-9-35(47-46-31)50-21-23(22-50)20-48-11-13-49(14-12-48)25-4-5-27-28(16-25)39(56)52(38(27)55)34-8-10-36(53)45-37(34)54/h3-7,9,15-17,19,23,34H,8,10-14,20-22H2,1-2H3,(H,45,53,54). The molecule has 16 heteroatoms. The van der Waals surface area contributed by atoms with Crippen molar-refractivity contribution in [3.63, 3.8) is 0 Å². The van der Waals surface area contributed by atoms with E-state index in [0.29, 0.717) is 22.9 Å². The number of hydrogen-bond acceptors (Lipinski definition) is 12. The number of imide groups is 2.